The van der Waals surface area contributed by atoms with Crippen LogP contribution in [0.2, 0.25) is 0 Å². The molecular weight excluding hydrogens is 459 g/mol. The molecule has 0 bridgehead atoms. The van der Waals surface area contributed by atoms with Crippen molar-refractivity contribution in [3.63, 3.8) is 0 Å². The van der Waals surface area contributed by atoms with E-state index in [4.69, 9.17) is 0 Å². The smallest absolute Gasteiger partial charge is 0.304 e. The molecule has 10 heteroatoms. The Balaban J connectivity index is 2.35. The molecule has 0 aliphatic rings. The molecule has 0 unspecified atom stereocenters. The number of nitrogens with one attached hydrogen (secondary N) is 1. The Kier molecular flexibility index (Phi) is 10.0. The Morgan fingerprint density at radius 1 is 1.03 bits per heavy atom. The summed E-state index contributed by atoms with van der Waals surface area (Å²) in [6, 6.07) is 13.6. The summed E-state index contributed by atoms with van der Waals surface area (Å²) in [5, 5.41) is 2.79. The van der Waals surface area contributed by atoms with E-state index in [1.165, 1.54) is 31.1 Å². The van der Waals surface area contributed by atoms with E-state index in [9.17, 15) is 22.4 Å². The number of amides is 2. The first-order valence-corrected chi connectivity index (χ1v) is 12.5. The van der Waals surface area contributed by atoms with Gasteiger partial charge in [0.15, 0.2) is 0 Å². The Labute approximate surface area is 201 Å². The van der Waals surface area contributed by atoms with Crippen molar-refractivity contribution < 1.29 is 22.4 Å². The lowest BCUT2D eigenvalue weighted by atomic mass is 10.1. The highest BCUT2D eigenvalue weighted by molar-refractivity contribution is 7.90. The number of halogens is 1. The second-order valence-electron chi connectivity index (χ2n) is 8.06. The Morgan fingerprint density at radius 2 is 1.65 bits per heavy atom. The molecule has 0 aliphatic heterocycles. The van der Waals surface area contributed by atoms with Gasteiger partial charge in [0.05, 0.1) is 5.69 Å². The molecule has 186 valence electrons. The standard InChI is InChI=1S/C24H33FN4O4S/c1-5-16-26-24(31)19(2)28(17-15-20-9-7-6-8-10-20)23(30)18-29(34(32,33)27(3)4)22-13-11-21(25)12-14-22/h6-14,19H,5,15-18H2,1-4H3,(H,26,31)/t19-/m0/s1. The van der Waals surface area contributed by atoms with Gasteiger partial charge < -0.3 is 10.2 Å². The number of rotatable bonds is 12. The van der Waals surface area contributed by atoms with Crippen LogP contribution in [0.25, 0.3) is 0 Å². The van der Waals surface area contributed by atoms with Crippen molar-refractivity contribution in [2.24, 2.45) is 0 Å². The molecule has 2 aromatic rings. The highest BCUT2D eigenvalue weighted by Gasteiger charge is 2.32. The van der Waals surface area contributed by atoms with E-state index in [2.05, 4.69) is 5.32 Å². The molecule has 0 spiro atoms. The summed E-state index contributed by atoms with van der Waals surface area (Å²) in [6.07, 6.45) is 1.24. The van der Waals surface area contributed by atoms with Gasteiger partial charge in [-0.15, -0.1) is 0 Å². The van der Waals surface area contributed by atoms with Gasteiger partial charge in [-0.3, -0.25) is 9.59 Å². The maximum absolute atomic E-state index is 13.5. The topological polar surface area (TPSA) is 90.0 Å². The predicted octanol–water partition coefficient (Wildman–Crippen LogP) is 2.42. The third kappa shape index (κ3) is 7.26. The van der Waals surface area contributed by atoms with Gasteiger partial charge in [-0.1, -0.05) is 37.3 Å². The summed E-state index contributed by atoms with van der Waals surface area (Å²) in [5.41, 5.74) is 1.13. The Bertz CT molecular complexity index is 1050. The number of hydrogen-bond donors (Lipinski definition) is 1. The molecule has 0 fully saturated rings. The number of carbonyl (C=O) groups excluding carboxylic acids is 2. The second kappa shape index (κ2) is 12.5. The molecular formula is C24H33FN4O4S. The van der Waals surface area contributed by atoms with E-state index in [-0.39, 0.29) is 18.1 Å². The highest BCUT2D eigenvalue weighted by Crippen LogP contribution is 2.21. The average molecular weight is 493 g/mol. The van der Waals surface area contributed by atoms with Crippen molar-refractivity contribution in [1.82, 2.24) is 14.5 Å². The molecule has 8 nitrogen and oxygen atoms in total. The van der Waals surface area contributed by atoms with Crippen LogP contribution in [0.3, 0.4) is 0 Å². The zero-order valence-corrected chi connectivity index (χ0v) is 20.9. The van der Waals surface area contributed by atoms with Crippen molar-refractivity contribution in [3.05, 3.63) is 66.0 Å². The summed E-state index contributed by atoms with van der Waals surface area (Å²) >= 11 is 0. The lowest BCUT2D eigenvalue weighted by Gasteiger charge is -2.32. The molecule has 0 radical (unpaired) electrons. The van der Waals surface area contributed by atoms with Crippen molar-refractivity contribution in [3.8, 4) is 0 Å². The minimum atomic E-state index is -4.06. The van der Waals surface area contributed by atoms with Gasteiger partial charge >= 0.3 is 10.2 Å². The van der Waals surface area contributed by atoms with Crippen LogP contribution in [0, 0.1) is 5.82 Å². The fourth-order valence-electron chi connectivity index (χ4n) is 3.29. The van der Waals surface area contributed by atoms with Gasteiger partial charge in [0.1, 0.15) is 18.4 Å². The van der Waals surface area contributed by atoms with E-state index >= 15 is 0 Å². The molecule has 1 N–H and O–H groups in total. The number of anilines is 1. The number of benzene rings is 2. The summed E-state index contributed by atoms with van der Waals surface area (Å²) in [4.78, 5) is 27.5. The van der Waals surface area contributed by atoms with E-state index in [0.717, 1.165) is 32.7 Å². The maximum atomic E-state index is 13.5. The van der Waals surface area contributed by atoms with Gasteiger partial charge in [-0.05, 0) is 49.6 Å². The third-order valence-corrected chi connectivity index (χ3v) is 7.15. The largest absolute Gasteiger partial charge is 0.354 e. The van der Waals surface area contributed by atoms with Gasteiger partial charge in [0.2, 0.25) is 11.8 Å². The van der Waals surface area contributed by atoms with Crippen molar-refractivity contribution in [2.75, 3.05) is 38.0 Å². The van der Waals surface area contributed by atoms with Crippen LogP contribution in [-0.4, -0.2) is 69.2 Å². The van der Waals surface area contributed by atoms with Crippen LogP contribution in [0.5, 0.6) is 0 Å². The van der Waals surface area contributed by atoms with Crippen LogP contribution in [-0.2, 0) is 26.2 Å². The third-order valence-electron chi connectivity index (χ3n) is 5.33. The van der Waals surface area contributed by atoms with Gasteiger partial charge in [0.25, 0.3) is 0 Å². The molecule has 2 amide bonds. The first-order valence-electron chi connectivity index (χ1n) is 11.1. The van der Waals surface area contributed by atoms with Crippen molar-refractivity contribution in [2.45, 2.75) is 32.7 Å². The minimum Gasteiger partial charge on any atom is -0.354 e. The zero-order chi connectivity index (χ0) is 25.3. The molecule has 2 aromatic carbocycles. The molecule has 34 heavy (non-hydrogen) atoms. The number of nitrogens with zero attached hydrogens (tertiary/aromatic N) is 3. The second-order valence-corrected chi connectivity index (χ2v) is 10.1. The molecule has 0 saturated heterocycles. The van der Waals surface area contributed by atoms with Crippen LogP contribution in [0.15, 0.2) is 54.6 Å². The highest BCUT2D eigenvalue weighted by atomic mass is 32.2. The van der Waals surface area contributed by atoms with Gasteiger partial charge in [-0.25, -0.2) is 8.70 Å². The van der Waals surface area contributed by atoms with Gasteiger partial charge in [-0.2, -0.15) is 12.7 Å². The molecule has 0 heterocycles. The zero-order valence-electron chi connectivity index (χ0n) is 20.1. The van der Waals surface area contributed by atoms with Crippen LogP contribution in [0.4, 0.5) is 10.1 Å². The van der Waals surface area contributed by atoms with Crippen LogP contribution in [0.1, 0.15) is 25.8 Å². The number of hydrogen-bond acceptors (Lipinski definition) is 4. The van der Waals surface area contributed by atoms with E-state index < -0.39 is 34.5 Å². The minimum absolute atomic E-state index is 0.148. The molecule has 1 atom stereocenters. The van der Waals surface area contributed by atoms with Crippen molar-refractivity contribution >= 4 is 27.7 Å². The lowest BCUT2D eigenvalue weighted by molar-refractivity contribution is -0.138. The van der Waals surface area contributed by atoms with Gasteiger partial charge in [0, 0.05) is 27.2 Å². The first-order chi connectivity index (χ1) is 16.1. The Hall–Kier alpha value is -2.98. The van der Waals surface area contributed by atoms with E-state index in [1.807, 2.05) is 37.3 Å². The van der Waals surface area contributed by atoms with E-state index in [0.29, 0.717) is 13.0 Å². The predicted molar refractivity (Wildman–Crippen MR) is 131 cm³/mol. The SMILES string of the molecule is CCCNC(=O)[C@H](C)N(CCc1ccccc1)C(=O)CN(c1ccc(F)cc1)S(=O)(=O)N(C)C. The summed E-state index contributed by atoms with van der Waals surface area (Å²) in [7, 11) is -1.36. The summed E-state index contributed by atoms with van der Waals surface area (Å²) in [6.45, 7) is 3.71. The summed E-state index contributed by atoms with van der Waals surface area (Å²) < 4.78 is 41.4. The maximum Gasteiger partial charge on any atom is 0.304 e. The lowest BCUT2D eigenvalue weighted by Crippen LogP contribution is -2.53. The monoisotopic (exact) mass is 492 g/mol. The molecule has 2 rings (SSSR count). The molecule has 0 aliphatic carbocycles. The van der Waals surface area contributed by atoms with E-state index in [1.54, 1.807) is 6.92 Å². The molecule has 0 saturated carbocycles. The average Bonchev–Trinajstić information content (AvgIpc) is 2.82. The molecule has 0 aromatic heterocycles. The Morgan fingerprint density at radius 3 is 2.21 bits per heavy atom. The normalized spacial score (nSPS) is 12.3. The van der Waals surface area contributed by atoms with Crippen LogP contribution >= 0.6 is 0 Å². The van der Waals surface area contributed by atoms with Crippen LogP contribution < -0.4 is 9.62 Å². The quantitative estimate of drug-likeness (QED) is 0.493. The fourth-order valence-corrected chi connectivity index (χ4v) is 4.35. The fraction of sp³-hybridized carbons (Fsp3) is 0.417. The van der Waals surface area contributed by atoms with Crippen molar-refractivity contribution in [1.29, 1.82) is 0 Å². The first kappa shape index (κ1) is 27.3. The number of carbonyl (C=O) groups is 2. The summed E-state index contributed by atoms with van der Waals surface area (Å²) in [5.74, 6) is -1.38.